The summed E-state index contributed by atoms with van der Waals surface area (Å²) in [4.78, 5) is 38.2. The van der Waals surface area contributed by atoms with E-state index in [1.165, 1.54) is 12.1 Å². The van der Waals surface area contributed by atoms with E-state index in [9.17, 15) is 18.8 Å². The van der Waals surface area contributed by atoms with E-state index in [1.54, 1.807) is 32.0 Å². The summed E-state index contributed by atoms with van der Waals surface area (Å²) in [5.41, 5.74) is 1.14. The van der Waals surface area contributed by atoms with Crippen molar-refractivity contribution in [2.24, 2.45) is 0 Å². The lowest BCUT2D eigenvalue weighted by Gasteiger charge is -2.22. The summed E-state index contributed by atoms with van der Waals surface area (Å²) < 4.78 is 13.6. The van der Waals surface area contributed by atoms with Crippen LogP contribution in [0.5, 0.6) is 0 Å². The van der Waals surface area contributed by atoms with E-state index < -0.39 is 35.7 Å². The van der Waals surface area contributed by atoms with E-state index in [4.69, 9.17) is 0 Å². The largest absolute Gasteiger partial charge is 0.325 e. The second-order valence-corrected chi connectivity index (χ2v) is 6.82. The summed E-state index contributed by atoms with van der Waals surface area (Å²) in [6.07, 6.45) is 0. The van der Waals surface area contributed by atoms with E-state index >= 15 is 0 Å². The van der Waals surface area contributed by atoms with Gasteiger partial charge in [-0.2, -0.15) is 0 Å². The number of anilines is 1. The summed E-state index contributed by atoms with van der Waals surface area (Å²) >= 11 is 0. The molecule has 0 aliphatic carbocycles. The number of amides is 4. The smallest absolute Gasteiger partial charge is 0.324 e. The molecule has 0 radical (unpaired) electrons. The minimum absolute atomic E-state index is 0.261. The lowest BCUT2D eigenvalue weighted by molar-refractivity contribution is -0.133. The van der Waals surface area contributed by atoms with Gasteiger partial charge in [0.05, 0.1) is 0 Å². The third kappa shape index (κ3) is 3.53. The number of imide groups is 1. The Labute approximate surface area is 156 Å². The highest BCUT2D eigenvalue weighted by atomic mass is 19.1. The van der Waals surface area contributed by atoms with Crippen LogP contribution >= 0.6 is 0 Å². The molecular weight excluding hydrogens is 349 g/mol. The van der Waals surface area contributed by atoms with Gasteiger partial charge in [0.25, 0.3) is 5.91 Å². The number of aryl methyl sites for hydroxylation is 2. The molecule has 0 saturated carbocycles. The predicted molar refractivity (Wildman–Crippen MR) is 98.5 cm³/mol. The quantitative estimate of drug-likeness (QED) is 0.814. The zero-order valence-electron chi connectivity index (χ0n) is 15.3. The molecule has 2 aromatic carbocycles. The van der Waals surface area contributed by atoms with Crippen molar-refractivity contribution in [3.8, 4) is 0 Å². The standard InChI is InChI=1S/C20H20FN3O3/c1-12-4-7-14(8-5-12)20(3)18(26)24(19(27)23-20)11-17(25)22-15-9-6-13(2)16(21)10-15/h4-10H,11H2,1-3H3,(H,22,25)(H,23,27)/t20-/m0/s1. The topological polar surface area (TPSA) is 78.5 Å². The lowest BCUT2D eigenvalue weighted by atomic mass is 9.91. The summed E-state index contributed by atoms with van der Waals surface area (Å²) in [6, 6.07) is 10.9. The normalized spacial score (nSPS) is 19.2. The van der Waals surface area contributed by atoms with E-state index in [0.29, 0.717) is 11.1 Å². The number of halogens is 1. The van der Waals surface area contributed by atoms with Crippen LogP contribution < -0.4 is 10.6 Å². The molecule has 1 heterocycles. The number of nitrogens with zero attached hydrogens (tertiary/aromatic N) is 1. The average Bonchev–Trinajstić information content (AvgIpc) is 2.83. The van der Waals surface area contributed by atoms with Gasteiger partial charge in [-0.1, -0.05) is 35.9 Å². The molecule has 1 atom stereocenters. The number of hydrogen-bond acceptors (Lipinski definition) is 3. The van der Waals surface area contributed by atoms with E-state index in [0.717, 1.165) is 10.5 Å². The number of nitrogens with one attached hydrogen (secondary N) is 2. The highest BCUT2D eigenvalue weighted by Gasteiger charge is 2.49. The Morgan fingerprint density at radius 2 is 1.81 bits per heavy atom. The van der Waals surface area contributed by atoms with Crippen molar-refractivity contribution in [3.63, 3.8) is 0 Å². The van der Waals surface area contributed by atoms with E-state index in [1.807, 2.05) is 19.1 Å². The van der Waals surface area contributed by atoms with Crippen molar-refractivity contribution in [2.45, 2.75) is 26.3 Å². The fraction of sp³-hybridized carbons (Fsp3) is 0.250. The average molecular weight is 369 g/mol. The molecule has 0 aromatic heterocycles. The van der Waals surface area contributed by atoms with Gasteiger partial charge >= 0.3 is 6.03 Å². The molecule has 4 amide bonds. The minimum Gasteiger partial charge on any atom is -0.324 e. The van der Waals surface area contributed by atoms with Crippen LogP contribution in [0.1, 0.15) is 23.6 Å². The van der Waals surface area contributed by atoms with Crippen LogP contribution in [-0.2, 0) is 15.1 Å². The van der Waals surface area contributed by atoms with Gasteiger partial charge in [-0.3, -0.25) is 14.5 Å². The van der Waals surface area contributed by atoms with Gasteiger partial charge in [0.15, 0.2) is 0 Å². The van der Waals surface area contributed by atoms with Crippen LogP contribution in [0.15, 0.2) is 42.5 Å². The maximum absolute atomic E-state index is 13.6. The second kappa shape index (κ2) is 6.83. The fourth-order valence-corrected chi connectivity index (χ4v) is 2.94. The third-order valence-corrected chi connectivity index (χ3v) is 4.66. The molecule has 27 heavy (non-hydrogen) atoms. The Balaban J connectivity index is 1.74. The first-order chi connectivity index (χ1) is 12.7. The molecule has 0 spiro atoms. The van der Waals surface area contributed by atoms with Crippen LogP contribution in [0.3, 0.4) is 0 Å². The number of carbonyl (C=O) groups is 3. The highest BCUT2D eigenvalue weighted by Crippen LogP contribution is 2.29. The van der Waals surface area contributed by atoms with Crippen LogP contribution in [0.2, 0.25) is 0 Å². The molecule has 2 aromatic rings. The first-order valence-electron chi connectivity index (χ1n) is 8.48. The molecule has 0 bridgehead atoms. The predicted octanol–water partition coefficient (Wildman–Crippen LogP) is 2.85. The Morgan fingerprint density at radius 1 is 1.15 bits per heavy atom. The number of carbonyl (C=O) groups excluding carboxylic acids is 3. The number of rotatable bonds is 4. The van der Waals surface area contributed by atoms with Gasteiger partial charge in [-0.05, 0) is 44.0 Å². The van der Waals surface area contributed by atoms with Crippen LogP contribution in [0, 0.1) is 19.7 Å². The second-order valence-electron chi connectivity index (χ2n) is 6.82. The molecule has 3 rings (SSSR count). The molecule has 2 N–H and O–H groups in total. The number of urea groups is 1. The van der Waals surface area contributed by atoms with Crippen molar-refractivity contribution in [1.29, 1.82) is 0 Å². The van der Waals surface area contributed by atoms with Crippen molar-refractivity contribution in [1.82, 2.24) is 10.2 Å². The molecular formula is C20H20FN3O3. The molecule has 7 heteroatoms. The van der Waals surface area contributed by atoms with Crippen molar-refractivity contribution >= 4 is 23.5 Å². The van der Waals surface area contributed by atoms with Gasteiger partial charge in [0.1, 0.15) is 17.9 Å². The molecule has 1 aliphatic heterocycles. The minimum atomic E-state index is -1.24. The Kier molecular flexibility index (Phi) is 4.70. The Morgan fingerprint density at radius 3 is 2.44 bits per heavy atom. The molecule has 1 fully saturated rings. The van der Waals surface area contributed by atoms with Crippen molar-refractivity contribution in [2.75, 3.05) is 11.9 Å². The maximum Gasteiger partial charge on any atom is 0.325 e. The van der Waals surface area contributed by atoms with Crippen LogP contribution in [0.4, 0.5) is 14.9 Å². The Bertz CT molecular complexity index is 927. The molecule has 1 aliphatic rings. The van der Waals surface area contributed by atoms with Gasteiger partial charge in [0, 0.05) is 5.69 Å². The summed E-state index contributed by atoms with van der Waals surface area (Å²) in [5, 5.41) is 5.15. The molecule has 1 saturated heterocycles. The first-order valence-corrected chi connectivity index (χ1v) is 8.48. The van der Waals surface area contributed by atoms with Crippen LogP contribution in [0.25, 0.3) is 0 Å². The molecule has 0 unspecified atom stereocenters. The summed E-state index contributed by atoms with van der Waals surface area (Å²) in [5.74, 6) is -1.55. The molecule has 6 nitrogen and oxygen atoms in total. The van der Waals surface area contributed by atoms with Gasteiger partial charge in [-0.25, -0.2) is 9.18 Å². The Hall–Kier alpha value is -3.22. The summed E-state index contributed by atoms with van der Waals surface area (Å²) in [7, 11) is 0. The van der Waals surface area contributed by atoms with Crippen molar-refractivity contribution < 1.29 is 18.8 Å². The van der Waals surface area contributed by atoms with Crippen molar-refractivity contribution in [3.05, 3.63) is 65.0 Å². The maximum atomic E-state index is 13.6. The fourth-order valence-electron chi connectivity index (χ4n) is 2.94. The van der Waals surface area contributed by atoms with E-state index in [-0.39, 0.29) is 5.69 Å². The number of hydrogen-bond donors (Lipinski definition) is 2. The summed E-state index contributed by atoms with van der Waals surface area (Å²) in [6.45, 7) is 4.68. The van der Waals surface area contributed by atoms with E-state index in [2.05, 4.69) is 10.6 Å². The SMILES string of the molecule is Cc1ccc([C@]2(C)NC(=O)N(CC(=O)Nc3ccc(C)c(F)c3)C2=O)cc1. The third-order valence-electron chi connectivity index (χ3n) is 4.66. The van der Waals surface area contributed by atoms with Gasteiger partial charge in [-0.15, -0.1) is 0 Å². The number of benzene rings is 2. The van der Waals surface area contributed by atoms with Gasteiger partial charge < -0.3 is 10.6 Å². The monoisotopic (exact) mass is 369 g/mol. The lowest BCUT2D eigenvalue weighted by Crippen LogP contribution is -2.42. The first kappa shape index (κ1) is 18.6. The van der Waals surface area contributed by atoms with Crippen LogP contribution in [-0.4, -0.2) is 29.3 Å². The zero-order chi connectivity index (χ0) is 19.8. The van der Waals surface area contributed by atoms with Gasteiger partial charge in [0.2, 0.25) is 5.91 Å². The highest BCUT2D eigenvalue weighted by molar-refractivity contribution is 6.10. The molecule has 140 valence electrons. The zero-order valence-corrected chi connectivity index (χ0v) is 15.3.